The molecule has 1 unspecified atom stereocenters. The van der Waals surface area contributed by atoms with Crippen LogP contribution in [0.15, 0.2) is 24.4 Å². The highest BCUT2D eigenvalue weighted by molar-refractivity contribution is 7.23. The highest BCUT2D eigenvalue weighted by atomic mass is 35.5. The number of hydrogen-bond donors (Lipinski definition) is 1. The van der Waals surface area contributed by atoms with Crippen LogP contribution < -0.4 is 10.1 Å². The summed E-state index contributed by atoms with van der Waals surface area (Å²) < 4.78 is 42.3. The Morgan fingerprint density at radius 1 is 1.35 bits per heavy atom. The molecule has 12 heteroatoms. The Balaban J connectivity index is 1.59. The summed E-state index contributed by atoms with van der Waals surface area (Å²) in [5.41, 5.74) is -0.730. The number of likely N-dealkylation sites (tertiary alicyclic amines) is 1. The van der Waals surface area contributed by atoms with Gasteiger partial charge in [-0.3, -0.25) is 5.32 Å². The van der Waals surface area contributed by atoms with Crippen molar-refractivity contribution in [1.29, 1.82) is 5.26 Å². The topological polar surface area (TPSA) is 100 Å². The van der Waals surface area contributed by atoms with Crippen LogP contribution in [0.3, 0.4) is 0 Å². The van der Waals surface area contributed by atoms with Crippen LogP contribution in [0.25, 0.3) is 32.1 Å². The second-order valence-corrected chi connectivity index (χ2v) is 12.0. The summed E-state index contributed by atoms with van der Waals surface area (Å²) >= 11 is 7.40. The SMILES string of the molecule is CN1CCCC1COc1ncc2cc(Cl)c(-c3ccc(F)c4sc(NC(=O)OC(C)(C)C)c(C#N)c34)c(F)c2n1. The minimum Gasteiger partial charge on any atom is -0.462 e. The Labute approximate surface area is 238 Å². The predicted octanol–water partition coefficient (Wildman–Crippen LogP) is 7.13. The molecule has 208 valence electrons. The van der Waals surface area contributed by atoms with E-state index in [1.807, 2.05) is 13.1 Å². The lowest BCUT2D eigenvalue weighted by Gasteiger charge is -2.19. The molecule has 2 aromatic carbocycles. The number of benzene rings is 2. The Morgan fingerprint density at radius 3 is 2.80 bits per heavy atom. The van der Waals surface area contributed by atoms with Gasteiger partial charge in [-0.1, -0.05) is 17.7 Å². The van der Waals surface area contributed by atoms with Gasteiger partial charge in [0.15, 0.2) is 5.82 Å². The molecule has 8 nitrogen and oxygen atoms in total. The van der Waals surface area contributed by atoms with Crippen LogP contribution in [0.2, 0.25) is 5.02 Å². The maximum Gasteiger partial charge on any atom is 0.412 e. The molecule has 1 saturated heterocycles. The number of nitriles is 1. The first kappa shape index (κ1) is 28.0. The molecule has 0 spiro atoms. The van der Waals surface area contributed by atoms with Crippen molar-refractivity contribution in [3.63, 3.8) is 0 Å². The first-order valence-corrected chi connectivity index (χ1v) is 13.8. The van der Waals surface area contributed by atoms with Crippen LogP contribution in [0.4, 0.5) is 18.6 Å². The van der Waals surface area contributed by atoms with Crippen LogP contribution in [-0.2, 0) is 4.74 Å². The largest absolute Gasteiger partial charge is 0.462 e. The minimum atomic E-state index is -0.805. The molecule has 1 atom stereocenters. The van der Waals surface area contributed by atoms with Crippen LogP contribution in [0.1, 0.15) is 39.2 Å². The molecule has 0 aliphatic carbocycles. The van der Waals surface area contributed by atoms with E-state index in [1.165, 1.54) is 24.4 Å². The molecule has 0 bridgehead atoms. The van der Waals surface area contributed by atoms with E-state index >= 15 is 4.39 Å². The quantitative estimate of drug-likeness (QED) is 0.266. The van der Waals surface area contributed by atoms with Crippen LogP contribution in [-0.4, -0.2) is 52.8 Å². The summed E-state index contributed by atoms with van der Waals surface area (Å²) in [7, 11) is 2.02. The van der Waals surface area contributed by atoms with Crippen LogP contribution in [0.5, 0.6) is 6.01 Å². The summed E-state index contributed by atoms with van der Waals surface area (Å²) in [5.74, 6) is -1.40. The average molecular weight is 586 g/mol. The number of fused-ring (bicyclic) bond motifs is 2. The molecule has 1 aliphatic heterocycles. The third-order valence-electron chi connectivity index (χ3n) is 6.61. The number of thiophene rings is 1. The Morgan fingerprint density at radius 2 is 2.12 bits per heavy atom. The molecular weight excluding hydrogens is 560 g/mol. The number of ether oxygens (including phenoxy) is 2. The second kappa shape index (κ2) is 10.8. The van der Waals surface area contributed by atoms with Gasteiger partial charge in [0.25, 0.3) is 0 Å². The zero-order valence-corrected chi connectivity index (χ0v) is 23.8. The van der Waals surface area contributed by atoms with Crippen molar-refractivity contribution in [1.82, 2.24) is 14.9 Å². The van der Waals surface area contributed by atoms with Gasteiger partial charge in [0.1, 0.15) is 34.6 Å². The fraction of sp³-hybridized carbons (Fsp3) is 0.357. The zero-order valence-electron chi connectivity index (χ0n) is 22.3. The van der Waals surface area contributed by atoms with Crippen molar-refractivity contribution >= 4 is 55.0 Å². The first-order chi connectivity index (χ1) is 19.0. The second-order valence-electron chi connectivity index (χ2n) is 10.6. The van der Waals surface area contributed by atoms with Crippen molar-refractivity contribution in [3.05, 3.63) is 46.6 Å². The van der Waals surface area contributed by atoms with Crippen molar-refractivity contribution in [2.45, 2.75) is 45.3 Å². The standard InChI is InChI=1S/C28H26ClF2N5O3S/c1-28(2,3)39-27(37)35-25-17(11-32)20-16(7-8-19(30)24(20)40-25)21-18(29)10-14-12-33-26(34-23(14)22(21)31)38-13-15-6-5-9-36(15)4/h7-8,10,12,15H,5-6,9,13H2,1-4H3,(H,35,37). The lowest BCUT2D eigenvalue weighted by molar-refractivity contribution is 0.0636. The molecule has 2 aromatic heterocycles. The highest BCUT2D eigenvalue weighted by Gasteiger charge is 2.26. The van der Waals surface area contributed by atoms with Gasteiger partial charge in [-0.2, -0.15) is 10.2 Å². The maximum atomic E-state index is 16.2. The van der Waals surface area contributed by atoms with E-state index in [2.05, 4.69) is 20.2 Å². The molecule has 0 radical (unpaired) electrons. The Kier molecular flexibility index (Phi) is 7.52. The number of halogens is 3. The molecule has 3 heterocycles. The Hall–Kier alpha value is -3.59. The number of nitrogens with one attached hydrogen (secondary N) is 1. The van der Waals surface area contributed by atoms with Gasteiger partial charge in [-0.25, -0.2) is 18.6 Å². The van der Waals surface area contributed by atoms with Crippen molar-refractivity contribution in [2.75, 3.05) is 25.5 Å². The molecule has 1 amide bonds. The third-order valence-corrected chi connectivity index (χ3v) is 8.02. The van der Waals surface area contributed by atoms with Gasteiger partial charge in [-0.05, 0) is 64.9 Å². The number of amides is 1. The van der Waals surface area contributed by atoms with Crippen molar-refractivity contribution in [2.24, 2.45) is 0 Å². The molecule has 1 aliphatic rings. The summed E-state index contributed by atoms with van der Waals surface area (Å²) in [4.78, 5) is 23.1. The number of anilines is 1. The third kappa shape index (κ3) is 5.39. The fourth-order valence-electron chi connectivity index (χ4n) is 4.74. The molecular formula is C28H26ClF2N5O3S. The van der Waals surface area contributed by atoms with Crippen LogP contribution >= 0.6 is 22.9 Å². The summed E-state index contributed by atoms with van der Waals surface area (Å²) in [6.45, 7) is 6.43. The maximum absolute atomic E-state index is 16.2. The molecule has 5 rings (SSSR count). The molecule has 40 heavy (non-hydrogen) atoms. The van der Waals surface area contributed by atoms with Crippen LogP contribution in [0, 0.1) is 23.0 Å². The number of carbonyl (C=O) groups excluding carboxylic acids is 1. The van der Waals surface area contributed by atoms with E-state index in [4.69, 9.17) is 21.1 Å². The number of likely N-dealkylation sites (N-methyl/N-ethyl adjacent to an activating group) is 1. The number of rotatable bonds is 5. The predicted molar refractivity (Wildman–Crippen MR) is 151 cm³/mol. The average Bonchev–Trinajstić information content (AvgIpc) is 3.46. The van der Waals surface area contributed by atoms with Gasteiger partial charge >= 0.3 is 12.1 Å². The van der Waals surface area contributed by atoms with Gasteiger partial charge in [-0.15, -0.1) is 11.3 Å². The van der Waals surface area contributed by atoms with Crippen molar-refractivity contribution < 1.29 is 23.0 Å². The normalized spacial score (nSPS) is 15.9. The monoisotopic (exact) mass is 585 g/mol. The number of carbonyl (C=O) groups is 1. The van der Waals surface area contributed by atoms with Gasteiger partial charge in [0, 0.05) is 28.6 Å². The fourth-order valence-corrected chi connectivity index (χ4v) is 6.11. The van der Waals surface area contributed by atoms with Gasteiger partial charge < -0.3 is 14.4 Å². The zero-order chi connectivity index (χ0) is 28.8. The van der Waals surface area contributed by atoms with Gasteiger partial charge in [0.2, 0.25) is 0 Å². The Bertz CT molecular complexity index is 1680. The van der Waals surface area contributed by atoms with E-state index in [0.29, 0.717) is 12.0 Å². The van der Waals surface area contributed by atoms with E-state index < -0.39 is 23.3 Å². The number of aromatic nitrogens is 2. The molecule has 0 saturated carbocycles. The smallest absolute Gasteiger partial charge is 0.412 e. The van der Waals surface area contributed by atoms with Crippen molar-refractivity contribution in [3.8, 4) is 23.2 Å². The first-order valence-electron chi connectivity index (χ1n) is 12.6. The summed E-state index contributed by atoms with van der Waals surface area (Å²) in [6, 6.07) is 6.30. The van der Waals surface area contributed by atoms with E-state index in [-0.39, 0.29) is 54.4 Å². The highest BCUT2D eigenvalue weighted by Crippen LogP contribution is 2.45. The summed E-state index contributed by atoms with van der Waals surface area (Å²) in [5, 5.41) is 13.1. The number of hydrogen-bond acceptors (Lipinski definition) is 8. The van der Waals surface area contributed by atoms with E-state index in [9.17, 15) is 14.4 Å². The lowest BCUT2D eigenvalue weighted by atomic mass is 9.97. The van der Waals surface area contributed by atoms with E-state index in [1.54, 1.807) is 20.8 Å². The lowest BCUT2D eigenvalue weighted by Crippen LogP contribution is -2.30. The molecule has 1 N–H and O–H groups in total. The number of nitrogens with zero attached hydrogens (tertiary/aromatic N) is 4. The van der Waals surface area contributed by atoms with Gasteiger partial charge in [0.05, 0.1) is 15.3 Å². The molecule has 4 aromatic rings. The molecule has 1 fully saturated rings. The van der Waals surface area contributed by atoms with E-state index in [0.717, 1.165) is 30.7 Å². The minimum absolute atomic E-state index is 0.0255. The summed E-state index contributed by atoms with van der Waals surface area (Å²) in [6.07, 6.45) is 2.70.